The van der Waals surface area contributed by atoms with Crippen LogP contribution in [0.1, 0.15) is 36.8 Å². The number of rotatable bonds is 7. The molecular formula is C20H22ClN3O2. The number of nitrogens with zero attached hydrogens (tertiary/aromatic N) is 1. The molecule has 0 fully saturated rings. The van der Waals surface area contributed by atoms with Crippen molar-refractivity contribution in [3.8, 4) is 11.3 Å². The van der Waals surface area contributed by atoms with E-state index in [9.17, 15) is 4.79 Å². The van der Waals surface area contributed by atoms with Gasteiger partial charge in [0.15, 0.2) is 0 Å². The highest BCUT2D eigenvalue weighted by molar-refractivity contribution is 6.32. The fourth-order valence-electron chi connectivity index (χ4n) is 3.34. The van der Waals surface area contributed by atoms with Gasteiger partial charge in [-0.2, -0.15) is 0 Å². The number of unbranched alkanes of at least 4 members (excludes halogenated alkanes) is 2. The van der Waals surface area contributed by atoms with Crippen molar-refractivity contribution in [2.24, 2.45) is 0 Å². The molecule has 26 heavy (non-hydrogen) atoms. The minimum absolute atomic E-state index is 0.337. The average Bonchev–Trinajstić information content (AvgIpc) is 3.04. The summed E-state index contributed by atoms with van der Waals surface area (Å²) >= 11 is 6.36. The SMILES string of the molecule is Cc1c(Cl)ccc2[nH]c(-c3cccnc3)c(CCCCCC(=O)NO)c12. The van der Waals surface area contributed by atoms with Crippen LogP contribution in [0.15, 0.2) is 36.7 Å². The molecule has 1 aromatic carbocycles. The maximum Gasteiger partial charge on any atom is 0.243 e. The first kappa shape index (κ1) is 18.4. The summed E-state index contributed by atoms with van der Waals surface area (Å²) in [4.78, 5) is 18.9. The molecule has 0 spiro atoms. The highest BCUT2D eigenvalue weighted by atomic mass is 35.5. The molecule has 0 atom stereocenters. The van der Waals surface area contributed by atoms with Gasteiger partial charge in [0.25, 0.3) is 0 Å². The highest BCUT2D eigenvalue weighted by Crippen LogP contribution is 2.35. The molecule has 3 rings (SSSR count). The van der Waals surface area contributed by atoms with Crippen molar-refractivity contribution >= 4 is 28.4 Å². The number of aromatic nitrogens is 2. The van der Waals surface area contributed by atoms with Gasteiger partial charge in [-0.25, -0.2) is 5.48 Å². The van der Waals surface area contributed by atoms with Gasteiger partial charge in [0, 0.05) is 40.3 Å². The molecule has 0 aliphatic heterocycles. The van der Waals surface area contributed by atoms with Crippen molar-refractivity contribution in [2.75, 3.05) is 0 Å². The minimum Gasteiger partial charge on any atom is -0.354 e. The molecule has 2 heterocycles. The summed E-state index contributed by atoms with van der Waals surface area (Å²) in [5.74, 6) is -0.337. The second-order valence-electron chi connectivity index (χ2n) is 6.41. The van der Waals surface area contributed by atoms with E-state index in [4.69, 9.17) is 16.8 Å². The highest BCUT2D eigenvalue weighted by Gasteiger charge is 2.16. The van der Waals surface area contributed by atoms with E-state index in [2.05, 4.69) is 9.97 Å². The number of carbonyl (C=O) groups is 1. The van der Waals surface area contributed by atoms with Crippen LogP contribution < -0.4 is 5.48 Å². The van der Waals surface area contributed by atoms with Gasteiger partial charge in [-0.3, -0.25) is 15.0 Å². The maximum atomic E-state index is 11.1. The quantitative estimate of drug-likeness (QED) is 0.317. The second-order valence-corrected chi connectivity index (χ2v) is 6.82. The van der Waals surface area contributed by atoms with Crippen LogP contribution >= 0.6 is 11.6 Å². The summed E-state index contributed by atoms with van der Waals surface area (Å²) in [7, 11) is 0. The number of amides is 1. The monoisotopic (exact) mass is 371 g/mol. The van der Waals surface area contributed by atoms with E-state index in [1.807, 2.05) is 37.4 Å². The molecule has 0 saturated heterocycles. The molecule has 3 N–H and O–H groups in total. The third-order valence-electron chi connectivity index (χ3n) is 4.67. The third-order valence-corrected chi connectivity index (χ3v) is 5.08. The lowest BCUT2D eigenvalue weighted by Crippen LogP contribution is -2.17. The van der Waals surface area contributed by atoms with Gasteiger partial charge in [-0.05, 0) is 61.6 Å². The Balaban J connectivity index is 1.88. The molecule has 0 radical (unpaired) electrons. The van der Waals surface area contributed by atoms with E-state index in [1.54, 1.807) is 11.7 Å². The normalized spacial score (nSPS) is 11.0. The number of pyridine rings is 1. The Morgan fingerprint density at radius 1 is 1.27 bits per heavy atom. The molecule has 3 aromatic rings. The van der Waals surface area contributed by atoms with Crippen LogP contribution in [0.3, 0.4) is 0 Å². The lowest BCUT2D eigenvalue weighted by atomic mass is 9.98. The lowest BCUT2D eigenvalue weighted by Gasteiger charge is -2.07. The summed E-state index contributed by atoms with van der Waals surface area (Å²) in [5, 5.41) is 10.5. The number of halogens is 1. The predicted molar refractivity (Wildman–Crippen MR) is 103 cm³/mol. The smallest absolute Gasteiger partial charge is 0.243 e. The number of aromatic amines is 1. The molecular weight excluding hydrogens is 350 g/mol. The molecule has 1 amide bonds. The van der Waals surface area contributed by atoms with Gasteiger partial charge in [-0.1, -0.05) is 18.0 Å². The van der Waals surface area contributed by atoms with E-state index in [-0.39, 0.29) is 5.91 Å². The molecule has 136 valence electrons. The zero-order valence-corrected chi connectivity index (χ0v) is 15.4. The van der Waals surface area contributed by atoms with Crippen molar-refractivity contribution in [3.63, 3.8) is 0 Å². The number of carbonyl (C=O) groups excluding carboxylic acids is 1. The largest absolute Gasteiger partial charge is 0.354 e. The van der Waals surface area contributed by atoms with Crippen LogP contribution in [0.25, 0.3) is 22.2 Å². The molecule has 0 unspecified atom stereocenters. The maximum absolute atomic E-state index is 11.1. The number of hydroxylamine groups is 1. The van der Waals surface area contributed by atoms with Crippen molar-refractivity contribution in [2.45, 2.75) is 39.0 Å². The number of nitrogens with one attached hydrogen (secondary N) is 2. The Hall–Kier alpha value is -2.37. The number of fused-ring (bicyclic) bond motifs is 1. The van der Waals surface area contributed by atoms with Gasteiger partial charge in [0.1, 0.15) is 0 Å². The summed E-state index contributed by atoms with van der Waals surface area (Å²) in [6, 6.07) is 7.90. The van der Waals surface area contributed by atoms with Crippen molar-refractivity contribution < 1.29 is 10.0 Å². The molecule has 5 nitrogen and oxygen atoms in total. The number of benzene rings is 1. The number of hydrogen-bond acceptors (Lipinski definition) is 3. The Labute approximate surface area is 157 Å². The Bertz CT molecular complexity index is 906. The number of aryl methyl sites for hydroxylation is 2. The van der Waals surface area contributed by atoms with Crippen LogP contribution in [-0.4, -0.2) is 21.1 Å². The van der Waals surface area contributed by atoms with Gasteiger partial charge in [-0.15, -0.1) is 0 Å². The van der Waals surface area contributed by atoms with Gasteiger partial charge >= 0.3 is 0 Å². The van der Waals surface area contributed by atoms with E-state index in [0.717, 1.165) is 53.0 Å². The standard InChI is InChI=1S/C20H22ClN3O2/c1-13-16(21)9-10-17-19(13)15(7-3-2-4-8-18(25)24-26)20(23-17)14-6-5-11-22-12-14/h5-6,9-12,23,26H,2-4,7-8H2,1H3,(H,24,25). The summed E-state index contributed by atoms with van der Waals surface area (Å²) in [6.45, 7) is 2.04. The van der Waals surface area contributed by atoms with E-state index in [0.29, 0.717) is 6.42 Å². The van der Waals surface area contributed by atoms with Gasteiger partial charge in [0.05, 0.1) is 5.69 Å². The summed E-state index contributed by atoms with van der Waals surface area (Å²) < 4.78 is 0. The van der Waals surface area contributed by atoms with Crippen molar-refractivity contribution in [3.05, 3.63) is 52.8 Å². The zero-order valence-electron chi connectivity index (χ0n) is 14.7. The molecule has 0 aliphatic rings. The lowest BCUT2D eigenvalue weighted by molar-refractivity contribution is -0.129. The second kappa shape index (κ2) is 8.34. The molecule has 0 bridgehead atoms. The fourth-order valence-corrected chi connectivity index (χ4v) is 3.50. The van der Waals surface area contributed by atoms with Crippen LogP contribution in [0.5, 0.6) is 0 Å². The molecule has 2 aromatic heterocycles. The zero-order chi connectivity index (χ0) is 18.5. The van der Waals surface area contributed by atoms with Gasteiger partial charge < -0.3 is 4.98 Å². The van der Waals surface area contributed by atoms with Crippen molar-refractivity contribution in [1.82, 2.24) is 15.4 Å². The first-order valence-electron chi connectivity index (χ1n) is 8.74. The Kier molecular flexibility index (Phi) is 5.91. The van der Waals surface area contributed by atoms with Crippen LogP contribution in [0.2, 0.25) is 5.02 Å². The topological polar surface area (TPSA) is 78.0 Å². The Morgan fingerprint density at radius 3 is 2.85 bits per heavy atom. The van der Waals surface area contributed by atoms with E-state index >= 15 is 0 Å². The fraction of sp³-hybridized carbons (Fsp3) is 0.300. The molecule has 0 saturated carbocycles. The van der Waals surface area contributed by atoms with Crippen LogP contribution in [-0.2, 0) is 11.2 Å². The van der Waals surface area contributed by atoms with E-state index < -0.39 is 0 Å². The minimum atomic E-state index is -0.337. The summed E-state index contributed by atoms with van der Waals surface area (Å²) in [6.07, 6.45) is 7.45. The number of hydrogen-bond donors (Lipinski definition) is 3. The average molecular weight is 372 g/mol. The van der Waals surface area contributed by atoms with E-state index in [1.165, 1.54) is 10.9 Å². The molecule has 6 heteroatoms. The third kappa shape index (κ3) is 3.89. The Morgan fingerprint density at radius 2 is 2.12 bits per heavy atom. The van der Waals surface area contributed by atoms with Crippen LogP contribution in [0, 0.1) is 6.92 Å². The first-order chi connectivity index (χ1) is 12.6. The first-order valence-corrected chi connectivity index (χ1v) is 9.12. The van der Waals surface area contributed by atoms with Crippen LogP contribution in [0.4, 0.5) is 0 Å². The molecule has 0 aliphatic carbocycles. The summed E-state index contributed by atoms with van der Waals surface area (Å²) in [5.41, 5.74) is 7.18. The predicted octanol–water partition coefficient (Wildman–Crippen LogP) is 4.80. The van der Waals surface area contributed by atoms with Crippen molar-refractivity contribution in [1.29, 1.82) is 0 Å². The van der Waals surface area contributed by atoms with Gasteiger partial charge in [0.2, 0.25) is 5.91 Å². The number of H-pyrrole nitrogens is 1.